The number of alkyl carbamates (subject to hydrolysis) is 1. The van der Waals surface area contributed by atoms with Gasteiger partial charge in [0.25, 0.3) is 0 Å². The van der Waals surface area contributed by atoms with Gasteiger partial charge in [0.1, 0.15) is 5.60 Å². The molecule has 2 atom stereocenters. The summed E-state index contributed by atoms with van der Waals surface area (Å²) in [5, 5.41) is 2.45. The van der Waals surface area contributed by atoms with Crippen LogP contribution in [0.4, 0.5) is 18.0 Å². The molecule has 1 rings (SSSR count). The first-order valence-electron chi connectivity index (χ1n) is 6.63. The van der Waals surface area contributed by atoms with Gasteiger partial charge in [0.05, 0.1) is 5.92 Å². The Balaban J connectivity index is 2.48. The maximum Gasteiger partial charge on any atom is 0.407 e. The number of rotatable bonds is 2. The van der Waals surface area contributed by atoms with E-state index in [4.69, 9.17) is 4.74 Å². The Morgan fingerprint density at radius 3 is 2.32 bits per heavy atom. The molecule has 1 aliphatic carbocycles. The highest BCUT2D eigenvalue weighted by atomic mass is 19.4. The van der Waals surface area contributed by atoms with Crippen LogP contribution in [0.1, 0.15) is 46.5 Å². The summed E-state index contributed by atoms with van der Waals surface area (Å²) in [6.07, 6.45) is -2.79. The number of halogens is 3. The van der Waals surface area contributed by atoms with E-state index in [2.05, 4.69) is 5.32 Å². The summed E-state index contributed by atoms with van der Waals surface area (Å²) >= 11 is 0. The second kappa shape index (κ2) is 6.01. The van der Waals surface area contributed by atoms with Crippen LogP contribution in [-0.2, 0) is 4.74 Å². The second-order valence-corrected chi connectivity index (χ2v) is 6.08. The van der Waals surface area contributed by atoms with Gasteiger partial charge in [0, 0.05) is 6.54 Å². The van der Waals surface area contributed by atoms with E-state index < -0.39 is 29.7 Å². The van der Waals surface area contributed by atoms with Crippen molar-refractivity contribution in [3.05, 3.63) is 0 Å². The van der Waals surface area contributed by atoms with Crippen LogP contribution in [0, 0.1) is 11.8 Å². The van der Waals surface area contributed by atoms with Gasteiger partial charge in [-0.3, -0.25) is 0 Å². The zero-order valence-corrected chi connectivity index (χ0v) is 11.6. The van der Waals surface area contributed by atoms with Crippen LogP contribution in [0.2, 0.25) is 0 Å². The van der Waals surface area contributed by atoms with Gasteiger partial charge in [-0.2, -0.15) is 13.2 Å². The van der Waals surface area contributed by atoms with Crippen molar-refractivity contribution in [2.75, 3.05) is 6.54 Å². The number of ether oxygens (including phenoxy) is 1. The summed E-state index contributed by atoms with van der Waals surface area (Å²) in [4.78, 5) is 11.4. The third-order valence-electron chi connectivity index (χ3n) is 3.24. The quantitative estimate of drug-likeness (QED) is 0.834. The smallest absolute Gasteiger partial charge is 0.407 e. The Labute approximate surface area is 111 Å². The Hall–Kier alpha value is -0.940. The normalized spacial score (nSPS) is 24.9. The summed E-state index contributed by atoms with van der Waals surface area (Å²) in [7, 11) is 0. The van der Waals surface area contributed by atoms with E-state index in [0.717, 1.165) is 6.42 Å². The number of carbonyl (C=O) groups excluding carboxylic acids is 1. The topological polar surface area (TPSA) is 38.3 Å². The number of hydrogen-bond donors (Lipinski definition) is 1. The molecule has 1 N–H and O–H groups in total. The largest absolute Gasteiger partial charge is 0.444 e. The molecule has 0 heterocycles. The summed E-state index contributed by atoms with van der Waals surface area (Å²) < 4.78 is 43.5. The summed E-state index contributed by atoms with van der Waals surface area (Å²) in [6, 6.07) is 0. The molecular weight excluding hydrogens is 259 g/mol. The molecule has 0 aromatic heterocycles. The van der Waals surface area contributed by atoms with Crippen LogP contribution in [0.25, 0.3) is 0 Å². The first-order valence-corrected chi connectivity index (χ1v) is 6.63. The highest BCUT2D eigenvalue weighted by molar-refractivity contribution is 5.67. The van der Waals surface area contributed by atoms with Gasteiger partial charge < -0.3 is 10.1 Å². The fourth-order valence-corrected chi connectivity index (χ4v) is 2.41. The molecule has 1 fully saturated rings. The summed E-state index contributed by atoms with van der Waals surface area (Å²) in [5.74, 6) is -1.85. The van der Waals surface area contributed by atoms with E-state index in [1.54, 1.807) is 20.8 Å². The minimum atomic E-state index is -4.18. The molecule has 19 heavy (non-hydrogen) atoms. The van der Waals surface area contributed by atoms with Crippen molar-refractivity contribution in [2.24, 2.45) is 11.8 Å². The van der Waals surface area contributed by atoms with Crippen LogP contribution in [0.3, 0.4) is 0 Å². The number of amides is 1. The molecule has 6 heteroatoms. The predicted molar refractivity (Wildman–Crippen MR) is 65.7 cm³/mol. The van der Waals surface area contributed by atoms with Gasteiger partial charge in [0.2, 0.25) is 0 Å². The molecule has 0 unspecified atom stereocenters. The molecule has 0 aromatic carbocycles. The molecule has 0 aromatic rings. The average molecular weight is 281 g/mol. The lowest BCUT2D eigenvalue weighted by molar-refractivity contribution is -0.195. The van der Waals surface area contributed by atoms with Gasteiger partial charge in [0.15, 0.2) is 0 Å². The average Bonchev–Trinajstić information content (AvgIpc) is 2.23. The van der Waals surface area contributed by atoms with Crippen molar-refractivity contribution < 1.29 is 22.7 Å². The van der Waals surface area contributed by atoms with Gasteiger partial charge in [-0.15, -0.1) is 0 Å². The Kier molecular flexibility index (Phi) is 5.10. The molecule has 3 nitrogen and oxygen atoms in total. The first kappa shape index (κ1) is 16.1. The summed E-state index contributed by atoms with van der Waals surface area (Å²) in [5.41, 5.74) is -0.639. The van der Waals surface area contributed by atoms with Crippen LogP contribution in [0.15, 0.2) is 0 Å². The minimum Gasteiger partial charge on any atom is -0.444 e. The van der Waals surface area contributed by atoms with E-state index >= 15 is 0 Å². The Morgan fingerprint density at radius 1 is 1.21 bits per heavy atom. The zero-order valence-electron chi connectivity index (χ0n) is 11.6. The van der Waals surface area contributed by atoms with Crippen LogP contribution >= 0.6 is 0 Å². The lowest BCUT2D eigenvalue weighted by Crippen LogP contribution is -2.41. The molecule has 0 aliphatic heterocycles. The second-order valence-electron chi connectivity index (χ2n) is 6.08. The minimum absolute atomic E-state index is 0.0269. The van der Waals surface area contributed by atoms with Crippen LogP contribution in [-0.4, -0.2) is 24.4 Å². The molecule has 112 valence electrons. The van der Waals surface area contributed by atoms with Gasteiger partial charge in [-0.1, -0.05) is 12.8 Å². The lowest BCUT2D eigenvalue weighted by atomic mass is 9.79. The van der Waals surface area contributed by atoms with E-state index in [1.165, 1.54) is 0 Å². The standard InChI is InChI=1S/C13H22F3NO2/c1-12(2,3)19-11(18)17-8-9-6-4-5-7-10(9)13(14,15)16/h9-10H,4-8H2,1-3H3,(H,17,18)/t9-,10-/m1/s1. The number of carbonyl (C=O) groups is 1. The third-order valence-corrected chi connectivity index (χ3v) is 3.24. The van der Waals surface area contributed by atoms with Crippen molar-refractivity contribution >= 4 is 6.09 Å². The van der Waals surface area contributed by atoms with Crippen molar-refractivity contribution in [3.8, 4) is 0 Å². The summed E-state index contributed by atoms with van der Waals surface area (Å²) in [6.45, 7) is 5.17. The van der Waals surface area contributed by atoms with Crippen molar-refractivity contribution in [1.29, 1.82) is 0 Å². The van der Waals surface area contributed by atoms with Gasteiger partial charge >= 0.3 is 12.3 Å². The van der Waals surface area contributed by atoms with E-state index in [0.29, 0.717) is 12.8 Å². The van der Waals surface area contributed by atoms with E-state index in [-0.39, 0.29) is 13.0 Å². The number of alkyl halides is 3. The van der Waals surface area contributed by atoms with Gasteiger partial charge in [-0.25, -0.2) is 4.79 Å². The molecule has 1 amide bonds. The number of nitrogens with one attached hydrogen (secondary N) is 1. The maximum absolute atomic E-state index is 12.8. The molecule has 0 radical (unpaired) electrons. The predicted octanol–water partition coefficient (Wildman–Crippen LogP) is 3.88. The molecule has 0 bridgehead atoms. The Bertz CT molecular complexity index is 310. The highest BCUT2D eigenvalue weighted by Crippen LogP contribution is 2.41. The monoisotopic (exact) mass is 281 g/mol. The zero-order chi connectivity index (χ0) is 14.7. The Morgan fingerprint density at radius 2 is 1.79 bits per heavy atom. The molecule has 0 saturated heterocycles. The number of hydrogen-bond acceptors (Lipinski definition) is 2. The molecular formula is C13H22F3NO2. The molecule has 1 saturated carbocycles. The lowest BCUT2D eigenvalue weighted by Gasteiger charge is -2.33. The third kappa shape index (κ3) is 5.70. The van der Waals surface area contributed by atoms with Gasteiger partial charge in [-0.05, 0) is 39.5 Å². The van der Waals surface area contributed by atoms with Crippen LogP contribution < -0.4 is 5.32 Å². The fourth-order valence-electron chi connectivity index (χ4n) is 2.41. The molecule has 0 spiro atoms. The molecule has 1 aliphatic rings. The maximum atomic E-state index is 12.8. The van der Waals surface area contributed by atoms with Crippen molar-refractivity contribution in [2.45, 2.75) is 58.2 Å². The first-order chi connectivity index (χ1) is 8.59. The van der Waals surface area contributed by atoms with E-state index in [1.807, 2.05) is 0 Å². The SMILES string of the molecule is CC(C)(C)OC(=O)NC[C@H]1CCCC[C@H]1C(F)(F)F. The van der Waals surface area contributed by atoms with Crippen molar-refractivity contribution in [1.82, 2.24) is 5.32 Å². The van der Waals surface area contributed by atoms with Crippen molar-refractivity contribution in [3.63, 3.8) is 0 Å². The van der Waals surface area contributed by atoms with E-state index in [9.17, 15) is 18.0 Å². The fraction of sp³-hybridized carbons (Fsp3) is 0.923. The highest BCUT2D eigenvalue weighted by Gasteiger charge is 2.45. The van der Waals surface area contributed by atoms with Crippen LogP contribution in [0.5, 0.6) is 0 Å².